The number of hydrogen-bond acceptors (Lipinski definition) is 2. The summed E-state index contributed by atoms with van der Waals surface area (Å²) in [5, 5.41) is 10.1. The van der Waals surface area contributed by atoms with Crippen molar-refractivity contribution in [2.45, 2.75) is 12.3 Å². The number of pyridine rings is 1. The maximum absolute atomic E-state index is 11.4. The molecule has 0 aliphatic rings. The van der Waals surface area contributed by atoms with E-state index in [1.807, 2.05) is 18.2 Å². The minimum Gasteiger partial charge on any atom is -0.481 e. The van der Waals surface area contributed by atoms with Crippen molar-refractivity contribution in [1.82, 2.24) is 4.98 Å². The third kappa shape index (κ3) is 3.46. The van der Waals surface area contributed by atoms with E-state index in [2.05, 4.69) is 4.98 Å². The van der Waals surface area contributed by atoms with Crippen LogP contribution in [0.5, 0.6) is 0 Å². The molecular weight excluding hydrogens is 285 g/mol. The smallest absolute Gasteiger partial charge is 0.311 e. The average Bonchev–Trinajstić information content (AvgIpc) is 2.38. The van der Waals surface area contributed by atoms with Gasteiger partial charge in [-0.3, -0.25) is 4.79 Å². The summed E-state index contributed by atoms with van der Waals surface area (Å²) in [6, 6.07) is 10.6. The Bertz CT molecular complexity index is 587. The highest BCUT2D eigenvalue weighted by molar-refractivity contribution is 6.34. The molecule has 1 N–H and O–H groups in total. The lowest BCUT2D eigenvalue weighted by Crippen LogP contribution is -2.14. The molecule has 19 heavy (non-hydrogen) atoms. The summed E-state index contributed by atoms with van der Waals surface area (Å²) < 4.78 is 0. The van der Waals surface area contributed by atoms with Crippen molar-refractivity contribution in [3.63, 3.8) is 0 Å². The molecule has 0 saturated heterocycles. The first-order valence-electron chi connectivity index (χ1n) is 5.65. The van der Waals surface area contributed by atoms with Crippen molar-refractivity contribution in [2.75, 3.05) is 0 Å². The molecule has 0 bridgehead atoms. The summed E-state index contributed by atoms with van der Waals surface area (Å²) in [7, 11) is 0. The van der Waals surface area contributed by atoms with Gasteiger partial charge in [0.2, 0.25) is 0 Å². The molecule has 98 valence electrons. The van der Waals surface area contributed by atoms with Gasteiger partial charge in [-0.05, 0) is 23.6 Å². The third-order valence-electron chi connectivity index (χ3n) is 2.82. The van der Waals surface area contributed by atoms with Crippen LogP contribution in [0.15, 0.2) is 42.6 Å². The van der Waals surface area contributed by atoms with Crippen molar-refractivity contribution in [3.05, 3.63) is 63.9 Å². The molecule has 2 aromatic rings. The molecule has 0 radical (unpaired) electrons. The molecule has 1 heterocycles. The van der Waals surface area contributed by atoms with Gasteiger partial charge in [-0.2, -0.15) is 0 Å². The molecular formula is C14H11Cl2NO2. The summed E-state index contributed by atoms with van der Waals surface area (Å²) >= 11 is 11.8. The van der Waals surface area contributed by atoms with E-state index in [0.717, 1.165) is 5.56 Å². The molecule has 1 aromatic heterocycles. The lowest BCUT2D eigenvalue weighted by atomic mass is 9.93. The minimum absolute atomic E-state index is 0.280. The Labute approximate surface area is 120 Å². The van der Waals surface area contributed by atoms with Gasteiger partial charge in [0.1, 0.15) is 5.15 Å². The molecule has 1 aromatic carbocycles. The van der Waals surface area contributed by atoms with E-state index in [9.17, 15) is 9.90 Å². The summed E-state index contributed by atoms with van der Waals surface area (Å²) in [5.41, 5.74) is 1.41. The van der Waals surface area contributed by atoms with E-state index in [-0.39, 0.29) is 6.42 Å². The van der Waals surface area contributed by atoms with E-state index < -0.39 is 11.9 Å². The fraction of sp³-hybridized carbons (Fsp3) is 0.143. The van der Waals surface area contributed by atoms with E-state index >= 15 is 0 Å². The van der Waals surface area contributed by atoms with Crippen LogP contribution < -0.4 is 0 Å². The van der Waals surface area contributed by atoms with Crippen LogP contribution in [0.1, 0.15) is 17.0 Å². The Hall–Kier alpha value is -1.58. The zero-order valence-electron chi connectivity index (χ0n) is 9.88. The molecule has 1 atom stereocenters. The third-order valence-corrected chi connectivity index (χ3v) is 3.38. The van der Waals surface area contributed by atoms with Crippen molar-refractivity contribution in [3.8, 4) is 0 Å². The largest absolute Gasteiger partial charge is 0.481 e. The molecule has 0 fully saturated rings. The van der Waals surface area contributed by atoms with Crippen LogP contribution in [0.3, 0.4) is 0 Å². The molecule has 0 saturated carbocycles. The quantitative estimate of drug-likeness (QED) is 0.873. The van der Waals surface area contributed by atoms with Crippen LogP contribution >= 0.6 is 23.2 Å². The number of benzene rings is 1. The number of rotatable bonds is 4. The minimum atomic E-state index is -0.891. The van der Waals surface area contributed by atoms with E-state index in [4.69, 9.17) is 23.2 Å². The number of halogens is 2. The van der Waals surface area contributed by atoms with Gasteiger partial charge in [0.15, 0.2) is 0 Å². The number of aliphatic carboxylic acids is 1. The second-order valence-corrected chi connectivity index (χ2v) is 4.90. The maximum Gasteiger partial charge on any atom is 0.311 e. The number of hydrogen-bond donors (Lipinski definition) is 1. The molecule has 0 aliphatic carbocycles. The summed E-state index contributed by atoms with van der Waals surface area (Å²) in [6.45, 7) is 0. The first kappa shape index (κ1) is 13.8. The molecule has 5 heteroatoms. The SMILES string of the molecule is O=C(O)C(Cc1cnc(Cl)cc1Cl)c1ccccc1. The molecule has 2 rings (SSSR count). The van der Waals surface area contributed by atoms with E-state index in [1.165, 1.54) is 12.3 Å². The number of aromatic nitrogens is 1. The predicted octanol–water partition coefficient (Wildman–Crippen LogP) is 3.80. The summed E-state index contributed by atoms with van der Waals surface area (Å²) in [5.74, 6) is -1.54. The predicted molar refractivity (Wildman–Crippen MR) is 74.8 cm³/mol. The monoisotopic (exact) mass is 295 g/mol. The molecule has 0 amide bonds. The summed E-state index contributed by atoms with van der Waals surface area (Å²) in [4.78, 5) is 15.3. The Balaban J connectivity index is 2.29. The van der Waals surface area contributed by atoms with E-state index in [0.29, 0.717) is 15.7 Å². The standard InChI is InChI=1S/C14H11Cl2NO2/c15-12-7-13(16)17-8-10(12)6-11(14(18)19)9-4-2-1-3-5-9/h1-5,7-8,11H,6H2,(H,18,19). The number of carboxylic acid groups (broad SMARTS) is 1. The topological polar surface area (TPSA) is 50.2 Å². The van der Waals surface area contributed by atoms with Crippen LogP contribution in [-0.4, -0.2) is 16.1 Å². The van der Waals surface area contributed by atoms with Gasteiger partial charge in [-0.1, -0.05) is 53.5 Å². The lowest BCUT2D eigenvalue weighted by Gasteiger charge is -2.13. The van der Waals surface area contributed by atoms with Gasteiger partial charge in [-0.25, -0.2) is 4.98 Å². The zero-order valence-corrected chi connectivity index (χ0v) is 11.4. The highest BCUT2D eigenvalue weighted by atomic mass is 35.5. The first-order valence-corrected chi connectivity index (χ1v) is 6.41. The van der Waals surface area contributed by atoms with Crippen molar-refractivity contribution < 1.29 is 9.90 Å². The maximum atomic E-state index is 11.4. The number of carboxylic acids is 1. The van der Waals surface area contributed by atoms with E-state index in [1.54, 1.807) is 12.1 Å². The Morgan fingerprint density at radius 1 is 1.26 bits per heavy atom. The van der Waals surface area contributed by atoms with Gasteiger partial charge in [0.05, 0.1) is 5.92 Å². The van der Waals surface area contributed by atoms with Gasteiger partial charge in [0.25, 0.3) is 0 Å². The van der Waals surface area contributed by atoms with Crippen LogP contribution in [0, 0.1) is 0 Å². The second kappa shape index (κ2) is 6.04. The van der Waals surface area contributed by atoms with Gasteiger partial charge in [-0.15, -0.1) is 0 Å². The molecule has 0 spiro atoms. The lowest BCUT2D eigenvalue weighted by molar-refractivity contribution is -0.138. The highest BCUT2D eigenvalue weighted by Gasteiger charge is 2.21. The van der Waals surface area contributed by atoms with Gasteiger partial charge >= 0.3 is 5.97 Å². The average molecular weight is 296 g/mol. The number of nitrogens with zero attached hydrogens (tertiary/aromatic N) is 1. The Morgan fingerprint density at radius 2 is 1.95 bits per heavy atom. The first-order chi connectivity index (χ1) is 9.08. The fourth-order valence-electron chi connectivity index (χ4n) is 1.84. The van der Waals surface area contributed by atoms with Crippen LogP contribution in [0.2, 0.25) is 10.2 Å². The van der Waals surface area contributed by atoms with Crippen molar-refractivity contribution in [1.29, 1.82) is 0 Å². The van der Waals surface area contributed by atoms with Crippen molar-refractivity contribution >= 4 is 29.2 Å². The molecule has 1 unspecified atom stereocenters. The Kier molecular flexibility index (Phi) is 4.40. The molecule has 3 nitrogen and oxygen atoms in total. The van der Waals surface area contributed by atoms with Crippen LogP contribution in [0.4, 0.5) is 0 Å². The normalized spacial score (nSPS) is 12.1. The summed E-state index contributed by atoms with van der Waals surface area (Å²) in [6.07, 6.45) is 1.80. The van der Waals surface area contributed by atoms with Crippen LogP contribution in [0.25, 0.3) is 0 Å². The van der Waals surface area contributed by atoms with Gasteiger partial charge in [0, 0.05) is 11.2 Å². The fourth-order valence-corrected chi connectivity index (χ4v) is 2.28. The van der Waals surface area contributed by atoms with Crippen LogP contribution in [-0.2, 0) is 11.2 Å². The highest BCUT2D eigenvalue weighted by Crippen LogP contribution is 2.26. The van der Waals surface area contributed by atoms with Gasteiger partial charge < -0.3 is 5.11 Å². The molecule has 0 aliphatic heterocycles. The van der Waals surface area contributed by atoms with Crippen molar-refractivity contribution in [2.24, 2.45) is 0 Å². The zero-order chi connectivity index (χ0) is 13.8. The second-order valence-electron chi connectivity index (χ2n) is 4.10. The number of carbonyl (C=O) groups is 1. The Morgan fingerprint density at radius 3 is 2.53 bits per heavy atom.